The zero-order valence-corrected chi connectivity index (χ0v) is 10.2. The topological polar surface area (TPSA) is 54.0 Å². The van der Waals surface area contributed by atoms with E-state index < -0.39 is 0 Å². The molecule has 0 saturated heterocycles. The lowest BCUT2D eigenvalue weighted by Gasteiger charge is -2.11. The van der Waals surface area contributed by atoms with E-state index in [1.807, 2.05) is 13.8 Å². The standard InChI is InChI=1S/C11H16ClN3O/c1-3-13-8(2)6-11(16)15-9-4-5-10(12)14-7-9/h4-5,7-8,13H,3,6H2,1-2H3,(H,15,16). The highest BCUT2D eigenvalue weighted by Gasteiger charge is 2.07. The molecular weight excluding hydrogens is 226 g/mol. The van der Waals surface area contributed by atoms with Crippen molar-refractivity contribution in [1.82, 2.24) is 10.3 Å². The number of amides is 1. The lowest BCUT2D eigenvalue weighted by Crippen LogP contribution is -2.30. The van der Waals surface area contributed by atoms with E-state index in [0.717, 1.165) is 6.54 Å². The average Bonchev–Trinajstić information content (AvgIpc) is 2.21. The van der Waals surface area contributed by atoms with Crippen LogP contribution in [0.25, 0.3) is 0 Å². The number of hydrogen-bond acceptors (Lipinski definition) is 3. The molecule has 1 aromatic rings. The third-order valence-corrected chi connectivity index (χ3v) is 2.28. The number of carbonyl (C=O) groups excluding carboxylic acids is 1. The van der Waals surface area contributed by atoms with Crippen molar-refractivity contribution in [1.29, 1.82) is 0 Å². The van der Waals surface area contributed by atoms with E-state index in [1.165, 1.54) is 6.20 Å². The molecule has 0 fully saturated rings. The van der Waals surface area contributed by atoms with Gasteiger partial charge in [0.25, 0.3) is 0 Å². The molecule has 0 spiro atoms. The maximum Gasteiger partial charge on any atom is 0.225 e. The molecule has 5 heteroatoms. The maximum atomic E-state index is 11.6. The predicted molar refractivity (Wildman–Crippen MR) is 65.6 cm³/mol. The highest BCUT2D eigenvalue weighted by molar-refractivity contribution is 6.29. The summed E-state index contributed by atoms with van der Waals surface area (Å²) in [6.07, 6.45) is 1.98. The number of rotatable bonds is 5. The molecule has 1 amide bonds. The maximum absolute atomic E-state index is 11.6. The van der Waals surface area contributed by atoms with Gasteiger partial charge in [0.1, 0.15) is 5.15 Å². The van der Waals surface area contributed by atoms with Gasteiger partial charge in [-0.2, -0.15) is 0 Å². The van der Waals surface area contributed by atoms with Gasteiger partial charge in [-0.1, -0.05) is 18.5 Å². The number of aromatic nitrogens is 1. The fraction of sp³-hybridized carbons (Fsp3) is 0.455. The summed E-state index contributed by atoms with van der Waals surface area (Å²) in [5.41, 5.74) is 0.665. The molecule has 1 rings (SSSR count). The van der Waals surface area contributed by atoms with Crippen LogP contribution in [0.15, 0.2) is 18.3 Å². The summed E-state index contributed by atoms with van der Waals surface area (Å²) < 4.78 is 0. The fourth-order valence-corrected chi connectivity index (χ4v) is 1.47. The Morgan fingerprint density at radius 1 is 1.56 bits per heavy atom. The van der Waals surface area contributed by atoms with Gasteiger partial charge < -0.3 is 10.6 Å². The van der Waals surface area contributed by atoms with Crippen molar-refractivity contribution in [2.45, 2.75) is 26.3 Å². The second kappa shape index (κ2) is 6.45. The number of hydrogen-bond donors (Lipinski definition) is 2. The molecule has 88 valence electrons. The van der Waals surface area contributed by atoms with Crippen molar-refractivity contribution < 1.29 is 4.79 Å². The van der Waals surface area contributed by atoms with Crippen LogP contribution in [0.3, 0.4) is 0 Å². The number of anilines is 1. The first kappa shape index (κ1) is 12.9. The highest BCUT2D eigenvalue weighted by Crippen LogP contribution is 2.10. The summed E-state index contributed by atoms with van der Waals surface area (Å²) >= 11 is 5.64. The normalized spacial score (nSPS) is 12.2. The van der Waals surface area contributed by atoms with Crippen molar-refractivity contribution >= 4 is 23.2 Å². The van der Waals surface area contributed by atoms with Crippen molar-refractivity contribution in [3.63, 3.8) is 0 Å². The Balaban J connectivity index is 2.42. The Kier molecular flexibility index (Phi) is 5.22. The Hall–Kier alpha value is -1.13. The van der Waals surface area contributed by atoms with Crippen LogP contribution in [0.2, 0.25) is 5.15 Å². The Morgan fingerprint density at radius 2 is 2.31 bits per heavy atom. The van der Waals surface area contributed by atoms with Gasteiger partial charge in [-0.25, -0.2) is 4.98 Å². The quantitative estimate of drug-likeness (QED) is 0.776. The summed E-state index contributed by atoms with van der Waals surface area (Å²) in [5, 5.41) is 6.35. The molecule has 1 aromatic heterocycles. The lowest BCUT2D eigenvalue weighted by molar-refractivity contribution is -0.116. The SMILES string of the molecule is CCNC(C)CC(=O)Nc1ccc(Cl)nc1. The molecule has 1 heterocycles. The molecule has 0 aliphatic heterocycles. The molecule has 16 heavy (non-hydrogen) atoms. The van der Waals surface area contributed by atoms with Crippen LogP contribution < -0.4 is 10.6 Å². The van der Waals surface area contributed by atoms with E-state index in [2.05, 4.69) is 15.6 Å². The van der Waals surface area contributed by atoms with Crippen molar-refractivity contribution in [3.8, 4) is 0 Å². The van der Waals surface area contributed by atoms with Gasteiger partial charge in [-0.05, 0) is 25.6 Å². The summed E-state index contributed by atoms with van der Waals surface area (Å²) in [7, 11) is 0. The van der Waals surface area contributed by atoms with Gasteiger partial charge in [0.2, 0.25) is 5.91 Å². The smallest absolute Gasteiger partial charge is 0.225 e. The minimum atomic E-state index is -0.0300. The molecule has 1 unspecified atom stereocenters. The number of pyridine rings is 1. The monoisotopic (exact) mass is 241 g/mol. The second-order valence-corrected chi connectivity index (χ2v) is 3.97. The Labute approximate surface area is 100 Å². The molecule has 0 radical (unpaired) electrons. The molecule has 0 bridgehead atoms. The van der Waals surface area contributed by atoms with Crippen molar-refractivity contribution in [2.24, 2.45) is 0 Å². The number of nitrogens with zero attached hydrogens (tertiary/aromatic N) is 1. The molecule has 0 saturated carbocycles. The van der Waals surface area contributed by atoms with Crippen LogP contribution in [0.4, 0.5) is 5.69 Å². The first-order valence-corrected chi connectivity index (χ1v) is 5.64. The van der Waals surface area contributed by atoms with E-state index in [0.29, 0.717) is 17.3 Å². The number of nitrogens with one attached hydrogen (secondary N) is 2. The summed E-state index contributed by atoms with van der Waals surface area (Å²) in [6.45, 7) is 4.84. The highest BCUT2D eigenvalue weighted by atomic mass is 35.5. The zero-order valence-electron chi connectivity index (χ0n) is 9.46. The molecule has 1 atom stereocenters. The molecular formula is C11H16ClN3O. The number of carbonyl (C=O) groups is 1. The number of halogens is 1. The summed E-state index contributed by atoms with van der Waals surface area (Å²) in [6, 6.07) is 3.54. The van der Waals surface area contributed by atoms with Gasteiger partial charge in [0.05, 0.1) is 11.9 Å². The van der Waals surface area contributed by atoms with Gasteiger partial charge in [0.15, 0.2) is 0 Å². The van der Waals surface area contributed by atoms with E-state index >= 15 is 0 Å². The van der Waals surface area contributed by atoms with Gasteiger partial charge in [-0.15, -0.1) is 0 Å². The molecule has 0 aliphatic rings. The third kappa shape index (κ3) is 4.59. The zero-order chi connectivity index (χ0) is 12.0. The van der Waals surface area contributed by atoms with E-state index in [4.69, 9.17) is 11.6 Å². The second-order valence-electron chi connectivity index (χ2n) is 3.58. The minimum Gasteiger partial charge on any atom is -0.325 e. The van der Waals surface area contributed by atoms with Crippen LogP contribution in [-0.4, -0.2) is 23.5 Å². The Bertz CT molecular complexity index is 340. The first-order chi connectivity index (χ1) is 7.61. The summed E-state index contributed by atoms with van der Waals surface area (Å²) in [4.78, 5) is 15.5. The van der Waals surface area contributed by atoms with Crippen LogP contribution >= 0.6 is 11.6 Å². The van der Waals surface area contributed by atoms with E-state index in [-0.39, 0.29) is 11.9 Å². The first-order valence-electron chi connectivity index (χ1n) is 5.26. The fourth-order valence-electron chi connectivity index (χ4n) is 1.36. The third-order valence-electron chi connectivity index (χ3n) is 2.06. The largest absolute Gasteiger partial charge is 0.325 e. The van der Waals surface area contributed by atoms with Gasteiger partial charge in [0, 0.05) is 12.5 Å². The van der Waals surface area contributed by atoms with Crippen LogP contribution in [0.5, 0.6) is 0 Å². The van der Waals surface area contributed by atoms with Crippen molar-refractivity contribution in [2.75, 3.05) is 11.9 Å². The molecule has 4 nitrogen and oxygen atoms in total. The average molecular weight is 242 g/mol. The summed E-state index contributed by atoms with van der Waals surface area (Å²) in [5.74, 6) is -0.0300. The van der Waals surface area contributed by atoms with Gasteiger partial charge in [-0.3, -0.25) is 4.79 Å². The molecule has 0 aliphatic carbocycles. The van der Waals surface area contributed by atoms with Crippen molar-refractivity contribution in [3.05, 3.63) is 23.5 Å². The molecule has 2 N–H and O–H groups in total. The van der Waals surface area contributed by atoms with Crippen LogP contribution in [0, 0.1) is 0 Å². The molecule has 0 aromatic carbocycles. The van der Waals surface area contributed by atoms with E-state index in [1.54, 1.807) is 12.1 Å². The van der Waals surface area contributed by atoms with Gasteiger partial charge >= 0.3 is 0 Å². The van der Waals surface area contributed by atoms with Crippen LogP contribution in [-0.2, 0) is 4.79 Å². The minimum absolute atomic E-state index is 0.0300. The predicted octanol–water partition coefficient (Wildman–Crippen LogP) is 2.06. The van der Waals surface area contributed by atoms with Crippen LogP contribution in [0.1, 0.15) is 20.3 Å². The Morgan fingerprint density at radius 3 is 2.88 bits per heavy atom. The van der Waals surface area contributed by atoms with E-state index in [9.17, 15) is 4.79 Å². The lowest BCUT2D eigenvalue weighted by atomic mass is 10.2.